The Morgan fingerprint density at radius 3 is 2.76 bits per heavy atom. The molecule has 1 fully saturated rings. The number of hydrogen-bond acceptors (Lipinski definition) is 6. The molecule has 0 aromatic carbocycles. The summed E-state index contributed by atoms with van der Waals surface area (Å²) in [5.41, 5.74) is 0.905. The van der Waals surface area contributed by atoms with Crippen LogP contribution >= 0.6 is 23.1 Å². The molecular weight excluding hydrogens is 252 g/mol. The summed E-state index contributed by atoms with van der Waals surface area (Å²) in [6, 6.07) is 5.85. The lowest BCUT2D eigenvalue weighted by atomic mass is 10.4. The van der Waals surface area contributed by atoms with Crippen LogP contribution in [0.25, 0.3) is 10.7 Å². The van der Waals surface area contributed by atoms with Crippen LogP contribution in [0.4, 0.5) is 5.13 Å². The predicted octanol–water partition coefficient (Wildman–Crippen LogP) is 2.15. The van der Waals surface area contributed by atoms with Crippen molar-refractivity contribution in [2.24, 2.45) is 0 Å². The summed E-state index contributed by atoms with van der Waals surface area (Å²) >= 11 is 3.62. The van der Waals surface area contributed by atoms with Crippen molar-refractivity contribution in [3.8, 4) is 10.7 Å². The molecule has 0 atom stereocenters. The molecule has 0 bridgehead atoms. The Balaban J connectivity index is 1.83. The van der Waals surface area contributed by atoms with Gasteiger partial charge in [0.25, 0.3) is 0 Å². The van der Waals surface area contributed by atoms with Crippen LogP contribution in [0.3, 0.4) is 0 Å². The Labute approximate surface area is 108 Å². The average Bonchev–Trinajstić information content (AvgIpc) is 2.90. The van der Waals surface area contributed by atoms with Gasteiger partial charge in [-0.1, -0.05) is 17.4 Å². The normalized spacial score (nSPS) is 16.1. The van der Waals surface area contributed by atoms with E-state index in [1.807, 2.05) is 30.0 Å². The summed E-state index contributed by atoms with van der Waals surface area (Å²) in [6.07, 6.45) is 1.79. The molecule has 1 aliphatic heterocycles. The van der Waals surface area contributed by atoms with Gasteiger partial charge in [0.15, 0.2) is 5.01 Å². The Hall–Kier alpha value is -1.14. The molecule has 6 heteroatoms. The van der Waals surface area contributed by atoms with Crippen molar-refractivity contribution in [1.29, 1.82) is 0 Å². The summed E-state index contributed by atoms with van der Waals surface area (Å²) in [5, 5.41) is 10.4. The molecule has 1 aliphatic rings. The maximum absolute atomic E-state index is 4.29. The molecule has 3 rings (SSSR count). The van der Waals surface area contributed by atoms with Crippen LogP contribution in [0, 0.1) is 0 Å². The lowest BCUT2D eigenvalue weighted by Gasteiger charge is -2.24. The SMILES string of the molecule is c1ccc(-c2nnc(N3CCSCC3)s2)nc1. The first-order valence-electron chi connectivity index (χ1n) is 5.51. The van der Waals surface area contributed by atoms with Crippen LogP contribution in [-0.2, 0) is 0 Å². The van der Waals surface area contributed by atoms with E-state index in [4.69, 9.17) is 0 Å². The van der Waals surface area contributed by atoms with E-state index in [2.05, 4.69) is 20.1 Å². The Morgan fingerprint density at radius 2 is 2.00 bits per heavy atom. The van der Waals surface area contributed by atoms with Gasteiger partial charge in [-0.15, -0.1) is 10.2 Å². The monoisotopic (exact) mass is 264 g/mol. The van der Waals surface area contributed by atoms with E-state index in [9.17, 15) is 0 Å². The van der Waals surface area contributed by atoms with Crippen LogP contribution < -0.4 is 4.90 Å². The third kappa shape index (κ3) is 2.42. The molecule has 2 aromatic rings. The fraction of sp³-hybridized carbons (Fsp3) is 0.364. The molecule has 3 heterocycles. The lowest BCUT2D eigenvalue weighted by molar-refractivity contribution is 0.840. The number of pyridine rings is 1. The predicted molar refractivity (Wildman–Crippen MR) is 72.7 cm³/mol. The molecule has 0 aliphatic carbocycles. The van der Waals surface area contributed by atoms with Crippen molar-refractivity contribution >= 4 is 28.2 Å². The summed E-state index contributed by atoms with van der Waals surface area (Å²) in [4.78, 5) is 6.60. The minimum Gasteiger partial charge on any atom is -0.345 e. The first-order valence-corrected chi connectivity index (χ1v) is 7.48. The third-order valence-electron chi connectivity index (χ3n) is 2.58. The third-order valence-corrected chi connectivity index (χ3v) is 4.53. The summed E-state index contributed by atoms with van der Waals surface area (Å²) in [5.74, 6) is 2.36. The summed E-state index contributed by atoms with van der Waals surface area (Å²) in [7, 11) is 0. The second-order valence-corrected chi connectivity index (χ2v) is 5.88. The Morgan fingerprint density at radius 1 is 1.12 bits per heavy atom. The quantitative estimate of drug-likeness (QED) is 0.831. The summed E-state index contributed by atoms with van der Waals surface area (Å²) < 4.78 is 0. The molecule has 88 valence electrons. The maximum Gasteiger partial charge on any atom is 0.208 e. The van der Waals surface area contributed by atoms with Gasteiger partial charge in [-0.05, 0) is 12.1 Å². The minimum atomic E-state index is 0.902. The molecule has 0 saturated carbocycles. The van der Waals surface area contributed by atoms with Crippen LogP contribution in [-0.4, -0.2) is 39.8 Å². The summed E-state index contributed by atoms with van der Waals surface area (Å²) in [6.45, 7) is 2.14. The average molecular weight is 264 g/mol. The highest BCUT2D eigenvalue weighted by atomic mass is 32.2. The Kier molecular flexibility index (Phi) is 3.24. The van der Waals surface area contributed by atoms with Gasteiger partial charge in [0.2, 0.25) is 5.13 Å². The van der Waals surface area contributed by atoms with Crippen molar-refractivity contribution in [2.45, 2.75) is 0 Å². The molecule has 0 unspecified atom stereocenters. The van der Waals surface area contributed by atoms with Gasteiger partial charge in [-0.25, -0.2) is 0 Å². The number of thioether (sulfide) groups is 1. The van der Waals surface area contributed by atoms with E-state index in [1.165, 1.54) is 11.5 Å². The highest BCUT2D eigenvalue weighted by molar-refractivity contribution is 7.99. The van der Waals surface area contributed by atoms with Gasteiger partial charge in [-0.2, -0.15) is 11.8 Å². The molecule has 0 amide bonds. The maximum atomic E-state index is 4.29. The van der Waals surface area contributed by atoms with Crippen LogP contribution in [0.2, 0.25) is 0 Å². The number of anilines is 1. The van der Waals surface area contributed by atoms with Crippen molar-refractivity contribution < 1.29 is 0 Å². The van der Waals surface area contributed by atoms with Crippen molar-refractivity contribution in [2.75, 3.05) is 29.5 Å². The fourth-order valence-electron chi connectivity index (χ4n) is 1.69. The van der Waals surface area contributed by atoms with Crippen molar-refractivity contribution in [1.82, 2.24) is 15.2 Å². The lowest BCUT2D eigenvalue weighted by Crippen LogP contribution is -2.32. The van der Waals surface area contributed by atoms with Crippen LogP contribution in [0.1, 0.15) is 0 Å². The second kappa shape index (κ2) is 5.01. The zero-order valence-corrected chi connectivity index (χ0v) is 10.9. The number of nitrogens with zero attached hydrogens (tertiary/aromatic N) is 4. The molecule has 0 N–H and O–H groups in total. The first-order chi connectivity index (χ1) is 8.43. The number of rotatable bonds is 2. The van der Waals surface area contributed by atoms with Gasteiger partial charge in [0.05, 0.1) is 0 Å². The van der Waals surface area contributed by atoms with Gasteiger partial charge in [0, 0.05) is 30.8 Å². The molecule has 17 heavy (non-hydrogen) atoms. The van der Waals surface area contributed by atoms with E-state index in [0.29, 0.717) is 0 Å². The van der Waals surface area contributed by atoms with E-state index in [-0.39, 0.29) is 0 Å². The van der Waals surface area contributed by atoms with E-state index < -0.39 is 0 Å². The van der Waals surface area contributed by atoms with Gasteiger partial charge in [-0.3, -0.25) is 4.98 Å². The highest BCUT2D eigenvalue weighted by Crippen LogP contribution is 2.28. The molecule has 2 aromatic heterocycles. The largest absolute Gasteiger partial charge is 0.345 e. The van der Waals surface area contributed by atoms with E-state index >= 15 is 0 Å². The second-order valence-electron chi connectivity index (χ2n) is 3.70. The standard InChI is InChI=1S/C11H12N4S2/c1-2-4-12-9(3-1)10-13-14-11(17-10)15-5-7-16-8-6-15/h1-4H,5-8H2. The fourth-order valence-corrected chi connectivity index (χ4v) is 3.47. The highest BCUT2D eigenvalue weighted by Gasteiger charge is 2.16. The molecular formula is C11H12N4S2. The van der Waals surface area contributed by atoms with Crippen molar-refractivity contribution in [3.63, 3.8) is 0 Å². The van der Waals surface area contributed by atoms with Gasteiger partial charge < -0.3 is 4.90 Å². The first kappa shape index (κ1) is 11.0. The number of aromatic nitrogens is 3. The van der Waals surface area contributed by atoms with Crippen LogP contribution in [0.15, 0.2) is 24.4 Å². The van der Waals surface area contributed by atoms with E-state index in [1.54, 1.807) is 17.5 Å². The zero-order valence-electron chi connectivity index (χ0n) is 9.24. The zero-order chi connectivity index (χ0) is 11.5. The Bertz CT molecular complexity index is 479. The smallest absolute Gasteiger partial charge is 0.208 e. The van der Waals surface area contributed by atoms with Crippen molar-refractivity contribution in [3.05, 3.63) is 24.4 Å². The molecule has 1 saturated heterocycles. The van der Waals surface area contributed by atoms with E-state index in [0.717, 1.165) is 28.9 Å². The van der Waals surface area contributed by atoms with Gasteiger partial charge >= 0.3 is 0 Å². The molecule has 0 spiro atoms. The van der Waals surface area contributed by atoms with Gasteiger partial charge in [0.1, 0.15) is 5.69 Å². The number of hydrogen-bond donors (Lipinski definition) is 0. The topological polar surface area (TPSA) is 41.9 Å². The minimum absolute atomic E-state index is 0.902. The molecule has 0 radical (unpaired) electrons. The van der Waals surface area contributed by atoms with Crippen LogP contribution in [0.5, 0.6) is 0 Å². The molecule has 4 nitrogen and oxygen atoms in total.